The molecule has 20 heavy (non-hydrogen) atoms. The summed E-state index contributed by atoms with van der Waals surface area (Å²) in [5.41, 5.74) is 1.56. The summed E-state index contributed by atoms with van der Waals surface area (Å²) in [6, 6.07) is 11.4. The van der Waals surface area contributed by atoms with Crippen molar-refractivity contribution in [2.24, 2.45) is 0 Å². The summed E-state index contributed by atoms with van der Waals surface area (Å²) in [6.45, 7) is 1.93. The first-order valence-electron chi connectivity index (χ1n) is 5.85. The second-order valence-electron chi connectivity index (χ2n) is 4.27. The van der Waals surface area contributed by atoms with Gasteiger partial charge in [0.05, 0.1) is 17.0 Å². The third-order valence-corrected chi connectivity index (χ3v) is 4.41. The zero-order chi connectivity index (χ0) is 14.8. The molecule has 2 aromatic carbocycles. The Bertz CT molecular complexity index is 712. The molecule has 0 saturated heterocycles. The van der Waals surface area contributed by atoms with Crippen molar-refractivity contribution in [1.82, 2.24) is 0 Å². The average Bonchev–Trinajstić information content (AvgIpc) is 2.41. The second-order valence-corrected chi connectivity index (χ2v) is 6.36. The molecule has 0 radical (unpaired) electrons. The summed E-state index contributed by atoms with van der Waals surface area (Å²) in [4.78, 5) is 0.0869. The fourth-order valence-electron chi connectivity index (χ4n) is 1.65. The van der Waals surface area contributed by atoms with Crippen LogP contribution in [0.15, 0.2) is 47.4 Å². The number of hydrogen-bond acceptors (Lipinski definition) is 3. The predicted octanol–water partition coefficient (Wildman–Crippen LogP) is 3.46. The number of hydrogen-bond donors (Lipinski definition) is 1. The highest BCUT2D eigenvalue weighted by Crippen LogP contribution is 2.27. The number of halogens is 1. The van der Waals surface area contributed by atoms with Crippen LogP contribution in [0.3, 0.4) is 0 Å². The van der Waals surface area contributed by atoms with E-state index < -0.39 is 10.0 Å². The van der Waals surface area contributed by atoms with Crippen molar-refractivity contribution >= 4 is 27.3 Å². The molecule has 0 amide bonds. The van der Waals surface area contributed by atoms with Crippen LogP contribution < -0.4 is 9.46 Å². The Morgan fingerprint density at radius 2 is 1.75 bits per heavy atom. The molecule has 0 bridgehead atoms. The van der Waals surface area contributed by atoms with Gasteiger partial charge in [-0.3, -0.25) is 4.72 Å². The van der Waals surface area contributed by atoms with E-state index in [1.165, 1.54) is 25.3 Å². The third kappa shape index (κ3) is 3.23. The molecule has 4 nitrogen and oxygen atoms in total. The molecule has 0 heterocycles. The maximum atomic E-state index is 12.2. The minimum absolute atomic E-state index is 0.0869. The van der Waals surface area contributed by atoms with Gasteiger partial charge in [0, 0.05) is 5.69 Å². The Hall–Kier alpha value is -1.72. The molecule has 0 fully saturated rings. The fraction of sp³-hybridized carbons (Fsp3) is 0.143. The second kappa shape index (κ2) is 5.73. The summed E-state index contributed by atoms with van der Waals surface area (Å²) in [5.74, 6) is 0.431. The molecule has 0 aliphatic rings. The topological polar surface area (TPSA) is 55.4 Å². The van der Waals surface area contributed by atoms with Gasteiger partial charge in [-0.05, 0) is 37.3 Å². The molecule has 0 spiro atoms. The highest BCUT2D eigenvalue weighted by Gasteiger charge is 2.16. The highest BCUT2D eigenvalue weighted by atomic mass is 35.5. The standard InChI is InChI=1S/C14H14ClNO3S/c1-10-3-5-11(6-4-10)16-20(17,18)12-7-8-14(19-2)13(15)9-12/h3-9,16H,1-2H3. The van der Waals surface area contributed by atoms with Gasteiger partial charge in [0.25, 0.3) is 10.0 Å². The molecular weight excluding hydrogens is 298 g/mol. The molecule has 0 atom stereocenters. The van der Waals surface area contributed by atoms with Gasteiger partial charge >= 0.3 is 0 Å². The lowest BCUT2D eigenvalue weighted by Gasteiger charge is -2.10. The van der Waals surface area contributed by atoms with E-state index in [9.17, 15) is 8.42 Å². The van der Waals surface area contributed by atoms with Gasteiger partial charge in [-0.15, -0.1) is 0 Å². The van der Waals surface area contributed by atoms with Crippen LogP contribution in [0.4, 0.5) is 5.69 Å². The number of sulfonamides is 1. The van der Waals surface area contributed by atoms with E-state index in [2.05, 4.69) is 4.72 Å². The first-order valence-corrected chi connectivity index (χ1v) is 7.71. The maximum absolute atomic E-state index is 12.2. The zero-order valence-electron chi connectivity index (χ0n) is 11.1. The number of anilines is 1. The molecule has 2 rings (SSSR count). The summed E-state index contributed by atoms with van der Waals surface area (Å²) < 4.78 is 32.0. The Labute approximate surface area is 123 Å². The minimum atomic E-state index is -3.66. The van der Waals surface area contributed by atoms with E-state index in [1.807, 2.05) is 19.1 Å². The Kier molecular flexibility index (Phi) is 4.20. The van der Waals surface area contributed by atoms with Crippen LogP contribution in [-0.2, 0) is 10.0 Å². The minimum Gasteiger partial charge on any atom is -0.495 e. The van der Waals surface area contributed by atoms with Gasteiger partial charge in [0.15, 0.2) is 0 Å². The lowest BCUT2D eigenvalue weighted by molar-refractivity contribution is 0.414. The summed E-state index contributed by atoms with van der Waals surface area (Å²) >= 11 is 5.94. The van der Waals surface area contributed by atoms with Crippen LogP contribution in [-0.4, -0.2) is 15.5 Å². The summed E-state index contributed by atoms with van der Waals surface area (Å²) in [5, 5.41) is 0.249. The molecule has 2 aromatic rings. The van der Waals surface area contributed by atoms with Gasteiger partial charge < -0.3 is 4.74 Å². The van der Waals surface area contributed by atoms with Gasteiger partial charge in [-0.2, -0.15) is 0 Å². The lowest BCUT2D eigenvalue weighted by atomic mass is 10.2. The van der Waals surface area contributed by atoms with Gasteiger partial charge in [-0.25, -0.2) is 8.42 Å². The quantitative estimate of drug-likeness (QED) is 0.940. The largest absolute Gasteiger partial charge is 0.495 e. The summed E-state index contributed by atoms with van der Waals surface area (Å²) in [6.07, 6.45) is 0. The van der Waals surface area contributed by atoms with Gasteiger partial charge in [-0.1, -0.05) is 29.3 Å². The average molecular weight is 312 g/mol. The van der Waals surface area contributed by atoms with Crippen LogP contribution in [0, 0.1) is 6.92 Å². The van der Waals surface area contributed by atoms with Crippen LogP contribution >= 0.6 is 11.6 Å². The smallest absolute Gasteiger partial charge is 0.261 e. The maximum Gasteiger partial charge on any atom is 0.261 e. The van der Waals surface area contributed by atoms with Crippen LogP contribution in [0.1, 0.15) is 5.56 Å². The van der Waals surface area contributed by atoms with Crippen molar-refractivity contribution in [1.29, 1.82) is 0 Å². The molecule has 0 aliphatic carbocycles. The molecule has 0 saturated carbocycles. The van der Waals surface area contributed by atoms with E-state index >= 15 is 0 Å². The molecule has 106 valence electrons. The van der Waals surface area contributed by atoms with E-state index in [0.717, 1.165) is 5.56 Å². The number of nitrogens with one attached hydrogen (secondary N) is 1. The molecule has 6 heteroatoms. The van der Waals surface area contributed by atoms with Gasteiger partial charge in [0.2, 0.25) is 0 Å². The van der Waals surface area contributed by atoms with E-state index in [4.69, 9.17) is 16.3 Å². The first-order chi connectivity index (χ1) is 9.42. The summed E-state index contributed by atoms with van der Waals surface area (Å²) in [7, 11) is -2.19. The number of methoxy groups -OCH3 is 1. The Balaban J connectivity index is 2.30. The lowest BCUT2D eigenvalue weighted by Crippen LogP contribution is -2.12. The van der Waals surface area contributed by atoms with Crippen molar-refractivity contribution in [2.75, 3.05) is 11.8 Å². The number of ether oxygens (including phenoxy) is 1. The van der Waals surface area contributed by atoms with Crippen LogP contribution in [0.25, 0.3) is 0 Å². The molecule has 0 aromatic heterocycles. The molecule has 1 N–H and O–H groups in total. The molecule has 0 unspecified atom stereocenters. The number of aryl methyl sites for hydroxylation is 1. The molecular formula is C14H14ClNO3S. The Morgan fingerprint density at radius 3 is 2.30 bits per heavy atom. The van der Waals surface area contributed by atoms with Crippen molar-refractivity contribution in [3.8, 4) is 5.75 Å². The SMILES string of the molecule is COc1ccc(S(=O)(=O)Nc2ccc(C)cc2)cc1Cl. The van der Waals surface area contributed by atoms with E-state index in [0.29, 0.717) is 11.4 Å². The Morgan fingerprint density at radius 1 is 1.10 bits per heavy atom. The van der Waals surface area contributed by atoms with Crippen LogP contribution in [0.2, 0.25) is 5.02 Å². The fourth-order valence-corrected chi connectivity index (χ4v) is 3.06. The molecule has 0 aliphatic heterocycles. The van der Waals surface area contributed by atoms with E-state index in [1.54, 1.807) is 12.1 Å². The van der Waals surface area contributed by atoms with Crippen molar-refractivity contribution in [3.05, 3.63) is 53.1 Å². The third-order valence-electron chi connectivity index (χ3n) is 2.74. The van der Waals surface area contributed by atoms with E-state index in [-0.39, 0.29) is 9.92 Å². The highest BCUT2D eigenvalue weighted by molar-refractivity contribution is 7.92. The first kappa shape index (κ1) is 14.7. The monoisotopic (exact) mass is 311 g/mol. The number of benzene rings is 2. The zero-order valence-corrected chi connectivity index (χ0v) is 12.6. The normalized spacial score (nSPS) is 11.2. The van der Waals surface area contributed by atoms with Crippen molar-refractivity contribution in [3.63, 3.8) is 0 Å². The van der Waals surface area contributed by atoms with Gasteiger partial charge in [0.1, 0.15) is 5.75 Å². The van der Waals surface area contributed by atoms with Crippen LogP contribution in [0.5, 0.6) is 5.75 Å². The van der Waals surface area contributed by atoms with Crippen molar-refractivity contribution < 1.29 is 13.2 Å². The number of rotatable bonds is 4. The van der Waals surface area contributed by atoms with Crippen molar-refractivity contribution in [2.45, 2.75) is 11.8 Å². The predicted molar refractivity (Wildman–Crippen MR) is 80.0 cm³/mol.